The average Bonchev–Trinajstić information content (AvgIpc) is 2.58. The number of hydrogen-bond donors (Lipinski definition) is 1. The molecular formula is C15H21ClO. The fourth-order valence-corrected chi connectivity index (χ4v) is 3.05. The SMILES string of the molecule is OC(CC1CCCCCC1)c1ccccc1Cl. The van der Waals surface area contributed by atoms with E-state index in [-0.39, 0.29) is 0 Å². The Balaban J connectivity index is 1.96. The predicted molar refractivity (Wildman–Crippen MR) is 72.2 cm³/mol. The maximum absolute atomic E-state index is 10.3. The van der Waals surface area contributed by atoms with Gasteiger partial charge in [-0.15, -0.1) is 0 Å². The van der Waals surface area contributed by atoms with Crippen LogP contribution in [-0.4, -0.2) is 5.11 Å². The summed E-state index contributed by atoms with van der Waals surface area (Å²) in [6.45, 7) is 0. The standard InChI is InChI=1S/C15H21ClO/c16-14-10-6-5-9-13(14)15(17)11-12-7-3-1-2-4-8-12/h5-6,9-10,12,15,17H,1-4,7-8,11H2. The molecule has 0 aliphatic heterocycles. The summed E-state index contributed by atoms with van der Waals surface area (Å²) in [5.41, 5.74) is 0.887. The van der Waals surface area contributed by atoms with Crippen LogP contribution < -0.4 is 0 Å². The highest BCUT2D eigenvalue weighted by molar-refractivity contribution is 6.31. The van der Waals surface area contributed by atoms with Gasteiger partial charge in [-0.05, 0) is 24.0 Å². The monoisotopic (exact) mass is 252 g/mol. The smallest absolute Gasteiger partial charge is 0.0807 e. The first-order valence-corrected chi connectivity index (χ1v) is 7.07. The highest BCUT2D eigenvalue weighted by Gasteiger charge is 2.18. The quantitative estimate of drug-likeness (QED) is 0.771. The van der Waals surface area contributed by atoms with Crippen LogP contribution in [0.5, 0.6) is 0 Å². The second-order valence-corrected chi connectivity index (χ2v) is 5.54. The molecule has 0 radical (unpaired) electrons. The molecule has 1 nitrogen and oxygen atoms in total. The molecular weight excluding hydrogens is 232 g/mol. The molecule has 0 saturated heterocycles. The van der Waals surface area contributed by atoms with Crippen LogP contribution in [0.4, 0.5) is 0 Å². The molecule has 1 fully saturated rings. The minimum atomic E-state index is -0.396. The molecule has 1 aliphatic carbocycles. The fourth-order valence-electron chi connectivity index (χ4n) is 2.79. The van der Waals surface area contributed by atoms with Crippen molar-refractivity contribution in [3.63, 3.8) is 0 Å². The summed E-state index contributed by atoms with van der Waals surface area (Å²) >= 11 is 6.11. The largest absolute Gasteiger partial charge is 0.388 e. The van der Waals surface area contributed by atoms with E-state index in [1.54, 1.807) is 0 Å². The first-order chi connectivity index (χ1) is 8.27. The van der Waals surface area contributed by atoms with Crippen molar-refractivity contribution >= 4 is 11.6 Å². The number of aliphatic hydroxyl groups is 1. The Hall–Kier alpha value is -0.530. The van der Waals surface area contributed by atoms with E-state index in [0.29, 0.717) is 10.9 Å². The van der Waals surface area contributed by atoms with Crippen molar-refractivity contribution in [2.75, 3.05) is 0 Å². The average molecular weight is 253 g/mol. The van der Waals surface area contributed by atoms with Gasteiger partial charge in [-0.25, -0.2) is 0 Å². The number of halogens is 1. The van der Waals surface area contributed by atoms with Gasteiger partial charge in [-0.1, -0.05) is 68.3 Å². The Morgan fingerprint density at radius 3 is 2.41 bits per heavy atom. The van der Waals surface area contributed by atoms with Gasteiger partial charge in [-0.2, -0.15) is 0 Å². The molecule has 0 spiro atoms. The van der Waals surface area contributed by atoms with Crippen LogP contribution in [0, 0.1) is 5.92 Å². The molecule has 0 aromatic heterocycles. The first-order valence-electron chi connectivity index (χ1n) is 6.70. The van der Waals surface area contributed by atoms with E-state index >= 15 is 0 Å². The molecule has 2 heteroatoms. The van der Waals surface area contributed by atoms with E-state index < -0.39 is 6.10 Å². The van der Waals surface area contributed by atoms with Crippen LogP contribution in [0.3, 0.4) is 0 Å². The minimum absolute atomic E-state index is 0.396. The molecule has 2 rings (SSSR count). The zero-order valence-electron chi connectivity index (χ0n) is 10.2. The van der Waals surface area contributed by atoms with Gasteiger partial charge in [0, 0.05) is 5.02 Å². The molecule has 0 heterocycles. The fraction of sp³-hybridized carbons (Fsp3) is 0.600. The summed E-state index contributed by atoms with van der Waals surface area (Å²) in [6, 6.07) is 7.64. The Bertz CT molecular complexity index is 343. The van der Waals surface area contributed by atoms with Gasteiger partial charge in [0.15, 0.2) is 0 Å². The van der Waals surface area contributed by atoms with E-state index in [4.69, 9.17) is 11.6 Å². The summed E-state index contributed by atoms with van der Waals surface area (Å²) in [7, 11) is 0. The van der Waals surface area contributed by atoms with E-state index in [0.717, 1.165) is 12.0 Å². The van der Waals surface area contributed by atoms with E-state index in [1.165, 1.54) is 38.5 Å². The van der Waals surface area contributed by atoms with Crippen LogP contribution in [0.1, 0.15) is 56.6 Å². The molecule has 1 atom stereocenters. The van der Waals surface area contributed by atoms with Gasteiger partial charge >= 0.3 is 0 Å². The van der Waals surface area contributed by atoms with Crippen molar-refractivity contribution in [2.45, 2.75) is 51.0 Å². The maximum Gasteiger partial charge on any atom is 0.0807 e. The normalized spacial score (nSPS) is 19.9. The lowest BCUT2D eigenvalue weighted by Gasteiger charge is -2.19. The highest BCUT2D eigenvalue weighted by Crippen LogP contribution is 2.33. The highest BCUT2D eigenvalue weighted by atomic mass is 35.5. The molecule has 0 amide bonds. The van der Waals surface area contributed by atoms with Gasteiger partial charge in [0.05, 0.1) is 6.10 Å². The molecule has 1 aromatic rings. The van der Waals surface area contributed by atoms with Crippen molar-refractivity contribution < 1.29 is 5.11 Å². The van der Waals surface area contributed by atoms with Crippen molar-refractivity contribution in [3.8, 4) is 0 Å². The van der Waals surface area contributed by atoms with Crippen LogP contribution in [0.15, 0.2) is 24.3 Å². The zero-order valence-corrected chi connectivity index (χ0v) is 11.0. The van der Waals surface area contributed by atoms with E-state index in [1.807, 2.05) is 24.3 Å². The second-order valence-electron chi connectivity index (χ2n) is 5.13. The first kappa shape index (κ1) is 12.9. The number of rotatable bonds is 3. The molecule has 1 unspecified atom stereocenters. The summed E-state index contributed by atoms with van der Waals surface area (Å²) in [5, 5.41) is 10.9. The Labute approximate surface area is 109 Å². The Morgan fingerprint density at radius 2 is 1.76 bits per heavy atom. The van der Waals surface area contributed by atoms with E-state index in [9.17, 15) is 5.11 Å². The molecule has 1 saturated carbocycles. The van der Waals surface area contributed by atoms with Crippen LogP contribution in [0.2, 0.25) is 5.02 Å². The summed E-state index contributed by atoms with van der Waals surface area (Å²) in [4.78, 5) is 0. The van der Waals surface area contributed by atoms with Crippen LogP contribution in [-0.2, 0) is 0 Å². The maximum atomic E-state index is 10.3. The van der Waals surface area contributed by atoms with Crippen molar-refractivity contribution in [1.82, 2.24) is 0 Å². The summed E-state index contributed by atoms with van der Waals surface area (Å²) < 4.78 is 0. The molecule has 94 valence electrons. The Morgan fingerprint density at radius 1 is 1.12 bits per heavy atom. The van der Waals surface area contributed by atoms with Gasteiger partial charge in [0.2, 0.25) is 0 Å². The number of aliphatic hydroxyl groups excluding tert-OH is 1. The van der Waals surface area contributed by atoms with Gasteiger partial charge < -0.3 is 5.11 Å². The summed E-state index contributed by atoms with van der Waals surface area (Å²) in [5.74, 6) is 0.670. The van der Waals surface area contributed by atoms with Gasteiger partial charge in [-0.3, -0.25) is 0 Å². The lowest BCUT2D eigenvalue weighted by Crippen LogP contribution is -2.07. The third-order valence-corrected chi connectivity index (χ3v) is 4.14. The van der Waals surface area contributed by atoms with Gasteiger partial charge in [0.25, 0.3) is 0 Å². The lowest BCUT2D eigenvalue weighted by molar-refractivity contribution is 0.139. The third kappa shape index (κ3) is 3.72. The lowest BCUT2D eigenvalue weighted by atomic mass is 9.91. The molecule has 1 aliphatic rings. The molecule has 17 heavy (non-hydrogen) atoms. The summed E-state index contributed by atoms with van der Waals surface area (Å²) in [6.07, 6.45) is 8.36. The van der Waals surface area contributed by atoms with Crippen LogP contribution in [0.25, 0.3) is 0 Å². The van der Waals surface area contributed by atoms with Crippen molar-refractivity contribution in [3.05, 3.63) is 34.9 Å². The Kier molecular flexibility index (Phi) is 4.87. The molecule has 1 aromatic carbocycles. The second kappa shape index (κ2) is 6.42. The van der Waals surface area contributed by atoms with E-state index in [2.05, 4.69) is 0 Å². The number of benzene rings is 1. The van der Waals surface area contributed by atoms with Crippen molar-refractivity contribution in [2.24, 2.45) is 5.92 Å². The number of hydrogen-bond acceptors (Lipinski definition) is 1. The van der Waals surface area contributed by atoms with Gasteiger partial charge in [0.1, 0.15) is 0 Å². The molecule has 1 N–H and O–H groups in total. The molecule has 0 bridgehead atoms. The van der Waals surface area contributed by atoms with Crippen molar-refractivity contribution in [1.29, 1.82) is 0 Å². The third-order valence-electron chi connectivity index (χ3n) is 3.80. The van der Waals surface area contributed by atoms with Crippen LogP contribution >= 0.6 is 11.6 Å². The minimum Gasteiger partial charge on any atom is -0.388 e. The zero-order chi connectivity index (χ0) is 12.1. The predicted octanol–water partition coefficient (Wildman–Crippen LogP) is 4.73. The topological polar surface area (TPSA) is 20.2 Å².